The molecule has 216 valence electrons. The number of sulfonamides is 3. The molecule has 4 rings (SSSR count). The van der Waals surface area contributed by atoms with Crippen LogP contribution in [0.2, 0.25) is 0 Å². The van der Waals surface area contributed by atoms with E-state index in [-0.39, 0.29) is 39.2 Å². The van der Waals surface area contributed by atoms with Crippen molar-refractivity contribution in [3.63, 3.8) is 0 Å². The molecule has 0 spiro atoms. The van der Waals surface area contributed by atoms with Gasteiger partial charge >= 0.3 is 0 Å². The number of carbonyl (C=O) groups is 2. The van der Waals surface area contributed by atoms with Gasteiger partial charge in [0, 0.05) is 11.3 Å². The summed E-state index contributed by atoms with van der Waals surface area (Å²) in [4.78, 5) is 27.7. The minimum atomic E-state index is -4.50. The van der Waals surface area contributed by atoms with Gasteiger partial charge in [0.05, 0.1) is 18.2 Å². The average molecular weight is 611 g/mol. The van der Waals surface area contributed by atoms with Gasteiger partial charge in [0.2, 0.25) is 20.0 Å². The van der Waals surface area contributed by atoms with E-state index < -0.39 is 58.9 Å². The van der Waals surface area contributed by atoms with Crippen molar-refractivity contribution in [2.75, 3.05) is 22.6 Å². The van der Waals surface area contributed by atoms with Crippen molar-refractivity contribution < 1.29 is 34.8 Å². The number of hydrogen-bond donors (Lipinski definition) is 3. The summed E-state index contributed by atoms with van der Waals surface area (Å²) in [5, 5.41) is 2.75. The molecule has 40 heavy (non-hydrogen) atoms. The topological polar surface area (TPSA) is 185 Å². The Bertz CT molecular complexity index is 1780. The molecule has 0 saturated carbocycles. The van der Waals surface area contributed by atoms with E-state index in [4.69, 9.17) is 0 Å². The van der Waals surface area contributed by atoms with E-state index in [0.717, 1.165) is 18.6 Å². The van der Waals surface area contributed by atoms with Crippen LogP contribution in [0.3, 0.4) is 0 Å². The van der Waals surface area contributed by atoms with Gasteiger partial charge in [0.1, 0.15) is 22.2 Å². The van der Waals surface area contributed by atoms with E-state index in [1.54, 1.807) is 12.1 Å². The molecule has 0 amide bonds. The molecule has 12 nitrogen and oxygen atoms in total. The van der Waals surface area contributed by atoms with Crippen molar-refractivity contribution in [1.82, 2.24) is 4.72 Å². The van der Waals surface area contributed by atoms with Crippen molar-refractivity contribution in [2.24, 2.45) is 15.7 Å². The van der Waals surface area contributed by atoms with Gasteiger partial charge in [-0.2, -0.15) is 13.1 Å². The first-order valence-electron chi connectivity index (χ1n) is 12.1. The zero-order valence-corrected chi connectivity index (χ0v) is 24.9. The molecule has 0 fully saturated rings. The summed E-state index contributed by atoms with van der Waals surface area (Å²) in [5.41, 5.74) is -1.99. The maximum atomic E-state index is 14.3. The molecule has 0 radical (unpaired) electrons. The van der Waals surface area contributed by atoms with Crippen molar-refractivity contribution in [2.45, 2.75) is 44.0 Å². The number of amidine groups is 1. The highest BCUT2D eigenvalue weighted by molar-refractivity contribution is 7.92. The number of fused-ring (bicyclic) bond motifs is 2. The smallest absolute Gasteiger partial charge is 0.286 e. The van der Waals surface area contributed by atoms with Crippen LogP contribution in [0.4, 0.5) is 11.4 Å². The number of carbonyl (C=O) groups excluding carboxylic acids is 2. The lowest BCUT2D eigenvalue weighted by atomic mass is 9.66. The molecule has 3 N–H and O–H groups in total. The molecule has 0 aromatic heterocycles. The lowest BCUT2D eigenvalue weighted by Gasteiger charge is -2.42. The molecule has 0 saturated heterocycles. The SMILES string of the molecule is CC(C)(C)CCC1(NS(C)(=O)=O)C(=O)C(C2=NS(=O)(=O)c3cc(NS(C)(=O)=O)ccc3N2)C(=O)c2ccccc21. The molecule has 2 aliphatic rings. The van der Waals surface area contributed by atoms with Crippen LogP contribution in [-0.2, 0) is 40.4 Å². The minimum absolute atomic E-state index is 0.000332. The Morgan fingerprint density at radius 3 is 2.25 bits per heavy atom. The lowest BCUT2D eigenvalue weighted by Crippen LogP contribution is -2.60. The Morgan fingerprint density at radius 1 is 1.00 bits per heavy atom. The van der Waals surface area contributed by atoms with Gasteiger partial charge in [0.25, 0.3) is 10.0 Å². The normalized spacial score (nSPS) is 22.5. The van der Waals surface area contributed by atoms with Crippen LogP contribution in [-0.4, -0.2) is 55.2 Å². The summed E-state index contributed by atoms with van der Waals surface area (Å²) in [6.45, 7) is 5.77. The predicted molar refractivity (Wildman–Crippen MR) is 151 cm³/mol. The summed E-state index contributed by atoms with van der Waals surface area (Å²) in [6.07, 6.45) is 2.20. The Morgan fingerprint density at radius 2 is 1.65 bits per heavy atom. The highest BCUT2D eigenvalue weighted by atomic mass is 32.2. The van der Waals surface area contributed by atoms with E-state index in [0.29, 0.717) is 6.42 Å². The number of hydrogen-bond acceptors (Lipinski definition) is 9. The summed E-state index contributed by atoms with van der Waals surface area (Å²) in [6, 6.07) is 9.79. The highest BCUT2D eigenvalue weighted by Crippen LogP contribution is 2.43. The van der Waals surface area contributed by atoms with E-state index in [9.17, 15) is 34.8 Å². The van der Waals surface area contributed by atoms with Crippen LogP contribution in [0.1, 0.15) is 49.5 Å². The van der Waals surface area contributed by atoms with Gasteiger partial charge in [-0.3, -0.25) is 14.3 Å². The Kier molecular flexibility index (Phi) is 7.27. The van der Waals surface area contributed by atoms with Gasteiger partial charge in [-0.25, -0.2) is 16.8 Å². The summed E-state index contributed by atoms with van der Waals surface area (Å²) in [5.74, 6) is -3.83. The first kappa shape index (κ1) is 29.8. The first-order valence-corrected chi connectivity index (χ1v) is 17.4. The van der Waals surface area contributed by atoms with E-state index in [1.165, 1.54) is 24.3 Å². The summed E-state index contributed by atoms with van der Waals surface area (Å²) >= 11 is 0. The lowest BCUT2D eigenvalue weighted by molar-refractivity contribution is -0.127. The summed E-state index contributed by atoms with van der Waals surface area (Å²) < 4.78 is 83.3. The molecule has 2 aromatic rings. The largest absolute Gasteiger partial charge is 0.341 e. The van der Waals surface area contributed by atoms with Crippen LogP contribution in [0.25, 0.3) is 0 Å². The molecule has 0 bridgehead atoms. The second-order valence-corrected chi connectivity index (χ2v) is 16.3. The van der Waals surface area contributed by atoms with E-state index in [1.807, 2.05) is 20.8 Å². The van der Waals surface area contributed by atoms with Crippen molar-refractivity contribution in [3.8, 4) is 0 Å². The van der Waals surface area contributed by atoms with Crippen molar-refractivity contribution in [3.05, 3.63) is 53.6 Å². The maximum Gasteiger partial charge on any atom is 0.286 e. The van der Waals surface area contributed by atoms with E-state index in [2.05, 4.69) is 19.2 Å². The third-order valence-electron chi connectivity index (χ3n) is 6.52. The number of anilines is 2. The molecule has 2 unspecified atom stereocenters. The van der Waals surface area contributed by atoms with Crippen LogP contribution < -0.4 is 14.8 Å². The molecule has 15 heteroatoms. The monoisotopic (exact) mass is 610 g/mol. The van der Waals surface area contributed by atoms with Gasteiger partial charge in [0.15, 0.2) is 11.6 Å². The van der Waals surface area contributed by atoms with Crippen LogP contribution >= 0.6 is 0 Å². The minimum Gasteiger partial charge on any atom is -0.341 e. The molecule has 1 aliphatic heterocycles. The molecular formula is C25H30N4O8S3. The fourth-order valence-corrected chi connectivity index (χ4v) is 7.53. The zero-order chi connectivity index (χ0) is 29.9. The van der Waals surface area contributed by atoms with Gasteiger partial charge in [-0.05, 0) is 42.0 Å². The summed E-state index contributed by atoms with van der Waals surface area (Å²) in [7, 11) is -12.2. The fourth-order valence-electron chi connectivity index (χ4n) is 4.85. The maximum absolute atomic E-state index is 14.3. The molecule has 1 aliphatic carbocycles. The Hall–Kier alpha value is -3.14. The number of nitrogens with zero attached hydrogens (tertiary/aromatic N) is 1. The Balaban J connectivity index is 1.89. The number of rotatable bonds is 7. The number of Topliss-reactive ketones (excluding diaryl/α,β-unsaturated/α-hetero) is 2. The standard InChI is InChI=1S/C25H30N4O8S3/c1-24(2,3)12-13-25(29-39(5,34)35)17-9-7-6-8-16(17)21(30)20(22(25)31)23-26-18-11-10-15(27-38(4,32)33)14-19(18)40(36,37)28-23/h6-11,14,20,27,29H,12-13H2,1-5H3,(H,26,28). The third kappa shape index (κ3) is 5.96. The Labute approximate surface area is 233 Å². The van der Waals surface area contributed by atoms with Crippen LogP contribution in [0.15, 0.2) is 51.8 Å². The van der Waals surface area contributed by atoms with Crippen LogP contribution in [0.5, 0.6) is 0 Å². The van der Waals surface area contributed by atoms with Gasteiger partial charge < -0.3 is 5.32 Å². The highest BCUT2D eigenvalue weighted by Gasteiger charge is 2.55. The average Bonchev–Trinajstić information content (AvgIpc) is 2.79. The number of benzene rings is 2. The third-order valence-corrected chi connectivity index (χ3v) is 9.18. The zero-order valence-electron chi connectivity index (χ0n) is 22.5. The van der Waals surface area contributed by atoms with Gasteiger partial charge in [-0.1, -0.05) is 45.0 Å². The van der Waals surface area contributed by atoms with Crippen LogP contribution in [0, 0.1) is 11.3 Å². The number of ketones is 2. The van der Waals surface area contributed by atoms with E-state index >= 15 is 0 Å². The number of nitrogens with one attached hydrogen (secondary N) is 3. The van der Waals surface area contributed by atoms with Crippen molar-refractivity contribution >= 4 is 58.8 Å². The molecule has 2 atom stereocenters. The fraction of sp³-hybridized carbons (Fsp3) is 0.400. The second-order valence-electron chi connectivity index (χ2n) is 11.2. The van der Waals surface area contributed by atoms with Crippen molar-refractivity contribution in [1.29, 1.82) is 0 Å². The molecular weight excluding hydrogens is 580 g/mol. The first-order chi connectivity index (χ1) is 18.2. The van der Waals surface area contributed by atoms with Gasteiger partial charge in [-0.15, -0.1) is 4.40 Å². The quantitative estimate of drug-likeness (QED) is 0.395. The predicted octanol–water partition coefficient (Wildman–Crippen LogP) is 2.22. The second kappa shape index (κ2) is 9.75. The molecule has 2 aromatic carbocycles. The molecule has 1 heterocycles.